The summed E-state index contributed by atoms with van der Waals surface area (Å²) in [5, 5.41) is 0.662. The summed E-state index contributed by atoms with van der Waals surface area (Å²) in [6, 6.07) is 7.23. The van der Waals surface area contributed by atoms with Crippen LogP contribution in [0.3, 0.4) is 0 Å². The van der Waals surface area contributed by atoms with Crippen molar-refractivity contribution in [3.63, 3.8) is 0 Å². The third-order valence-electron chi connectivity index (χ3n) is 2.30. The van der Waals surface area contributed by atoms with Crippen molar-refractivity contribution in [1.82, 2.24) is 0 Å². The first-order valence-electron chi connectivity index (χ1n) is 5.04. The van der Waals surface area contributed by atoms with Crippen LogP contribution in [0, 0.1) is 0 Å². The van der Waals surface area contributed by atoms with Crippen LogP contribution in [0.1, 0.15) is 11.3 Å². The van der Waals surface area contributed by atoms with Crippen LogP contribution in [0.25, 0.3) is 0 Å². The predicted octanol–water partition coefficient (Wildman–Crippen LogP) is 3.73. The number of nitrogens with two attached hydrogens (primary N) is 1. The zero-order valence-electron chi connectivity index (χ0n) is 8.95. The molecule has 0 aliphatic carbocycles. The Labute approximate surface area is 113 Å². The Hall–Kier alpha value is -0.970. The fourth-order valence-corrected chi connectivity index (χ4v) is 2.22. The number of halogens is 2. The normalized spacial score (nSPS) is 10.5. The van der Waals surface area contributed by atoms with Gasteiger partial charge in [0.2, 0.25) is 0 Å². The van der Waals surface area contributed by atoms with Crippen molar-refractivity contribution < 1.29 is 9.15 Å². The SMILES string of the molecule is NCc1occc1COc1ccc(Cl)cc1Br. The van der Waals surface area contributed by atoms with Crippen LogP contribution in [0.4, 0.5) is 0 Å². The summed E-state index contributed by atoms with van der Waals surface area (Å²) in [6.07, 6.45) is 1.61. The highest BCUT2D eigenvalue weighted by Crippen LogP contribution is 2.28. The number of rotatable bonds is 4. The van der Waals surface area contributed by atoms with E-state index in [2.05, 4.69) is 15.9 Å². The van der Waals surface area contributed by atoms with Gasteiger partial charge in [-0.2, -0.15) is 0 Å². The minimum atomic E-state index is 0.369. The third kappa shape index (κ3) is 3.03. The molecule has 2 rings (SSSR count). The molecular formula is C12H11BrClNO2. The van der Waals surface area contributed by atoms with Crippen LogP contribution in [0.2, 0.25) is 5.02 Å². The van der Waals surface area contributed by atoms with Crippen molar-refractivity contribution in [2.45, 2.75) is 13.2 Å². The lowest BCUT2D eigenvalue weighted by atomic mass is 10.2. The number of ether oxygens (including phenoxy) is 1. The molecule has 1 aromatic heterocycles. The van der Waals surface area contributed by atoms with Crippen LogP contribution < -0.4 is 10.5 Å². The van der Waals surface area contributed by atoms with Gasteiger partial charge in [-0.05, 0) is 40.2 Å². The molecular weight excluding hydrogens is 305 g/mol. The van der Waals surface area contributed by atoms with E-state index < -0.39 is 0 Å². The maximum Gasteiger partial charge on any atom is 0.134 e. The van der Waals surface area contributed by atoms with E-state index in [1.807, 2.05) is 12.1 Å². The zero-order valence-corrected chi connectivity index (χ0v) is 11.3. The Morgan fingerprint density at radius 2 is 2.18 bits per heavy atom. The molecule has 0 atom stereocenters. The maximum atomic E-state index is 5.85. The zero-order chi connectivity index (χ0) is 12.3. The van der Waals surface area contributed by atoms with Crippen LogP contribution in [0.15, 0.2) is 39.4 Å². The summed E-state index contributed by atoms with van der Waals surface area (Å²) in [4.78, 5) is 0. The van der Waals surface area contributed by atoms with E-state index in [4.69, 9.17) is 26.5 Å². The second-order valence-electron chi connectivity index (χ2n) is 3.44. The Morgan fingerprint density at radius 3 is 2.88 bits per heavy atom. The van der Waals surface area contributed by atoms with Gasteiger partial charge in [-0.25, -0.2) is 0 Å². The molecule has 0 fully saturated rings. The molecule has 2 aromatic rings. The Morgan fingerprint density at radius 1 is 1.35 bits per heavy atom. The molecule has 0 aliphatic rings. The lowest BCUT2D eigenvalue weighted by Crippen LogP contribution is -2.02. The highest BCUT2D eigenvalue weighted by Gasteiger charge is 2.07. The van der Waals surface area contributed by atoms with E-state index in [1.54, 1.807) is 18.4 Å². The van der Waals surface area contributed by atoms with Crippen molar-refractivity contribution in [2.75, 3.05) is 0 Å². The molecule has 1 heterocycles. The Kier molecular flexibility index (Phi) is 4.10. The number of hydrogen-bond donors (Lipinski definition) is 1. The van der Waals surface area contributed by atoms with E-state index in [-0.39, 0.29) is 0 Å². The van der Waals surface area contributed by atoms with E-state index in [0.29, 0.717) is 18.2 Å². The Bertz CT molecular complexity index is 513. The number of hydrogen-bond acceptors (Lipinski definition) is 3. The van der Waals surface area contributed by atoms with Crippen LogP contribution in [0.5, 0.6) is 5.75 Å². The van der Waals surface area contributed by atoms with Crippen molar-refractivity contribution in [3.8, 4) is 5.75 Å². The van der Waals surface area contributed by atoms with Crippen LogP contribution in [-0.4, -0.2) is 0 Å². The molecule has 0 spiro atoms. The van der Waals surface area contributed by atoms with Gasteiger partial charge in [0.05, 0.1) is 17.3 Å². The number of benzene rings is 1. The summed E-state index contributed by atoms with van der Waals surface area (Å²) >= 11 is 9.24. The topological polar surface area (TPSA) is 48.4 Å². The van der Waals surface area contributed by atoms with Gasteiger partial charge >= 0.3 is 0 Å². The summed E-state index contributed by atoms with van der Waals surface area (Å²) < 4.78 is 11.7. The first-order chi connectivity index (χ1) is 8.20. The molecule has 0 saturated carbocycles. The van der Waals surface area contributed by atoms with Gasteiger partial charge in [0.15, 0.2) is 0 Å². The Balaban J connectivity index is 2.07. The molecule has 0 bridgehead atoms. The molecule has 0 radical (unpaired) electrons. The highest BCUT2D eigenvalue weighted by molar-refractivity contribution is 9.10. The average molecular weight is 317 g/mol. The van der Waals surface area contributed by atoms with Crippen molar-refractivity contribution in [3.05, 3.63) is 51.3 Å². The fraction of sp³-hybridized carbons (Fsp3) is 0.167. The molecule has 1 aromatic carbocycles. The van der Waals surface area contributed by atoms with E-state index in [0.717, 1.165) is 21.5 Å². The van der Waals surface area contributed by atoms with Crippen molar-refractivity contribution >= 4 is 27.5 Å². The smallest absolute Gasteiger partial charge is 0.134 e. The third-order valence-corrected chi connectivity index (χ3v) is 3.15. The van der Waals surface area contributed by atoms with Crippen LogP contribution >= 0.6 is 27.5 Å². The molecule has 2 N–H and O–H groups in total. The first-order valence-corrected chi connectivity index (χ1v) is 6.21. The standard InChI is InChI=1S/C12H11BrClNO2/c13-10-5-9(14)1-2-11(10)17-7-8-3-4-16-12(8)6-15/h1-5H,6-7,15H2. The van der Waals surface area contributed by atoms with Gasteiger partial charge in [-0.3, -0.25) is 0 Å². The summed E-state index contributed by atoms with van der Waals surface area (Å²) in [6.45, 7) is 0.788. The minimum absolute atomic E-state index is 0.369. The van der Waals surface area contributed by atoms with Crippen LogP contribution in [-0.2, 0) is 13.2 Å². The van der Waals surface area contributed by atoms with E-state index in [9.17, 15) is 0 Å². The average Bonchev–Trinajstić information content (AvgIpc) is 2.75. The van der Waals surface area contributed by atoms with E-state index in [1.165, 1.54) is 0 Å². The van der Waals surface area contributed by atoms with Gasteiger partial charge < -0.3 is 14.9 Å². The fourth-order valence-electron chi connectivity index (χ4n) is 1.42. The van der Waals surface area contributed by atoms with Gasteiger partial charge in [0.25, 0.3) is 0 Å². The summed E-state index contributed by atoms with van der Waals surface area (Å²) in [5.41, 5.74) is 6.49. The van der Waals surface area contributed by atoms with Crippen molar-refractivity contribution in [1.29, 1.82) is 0 Å². The summed E-state index contributed by atoms with van der Waals surface area (Å²) in [7, 11) is 0. The largest absolute Gasteiger partial charge is 0.488 e. The molecule has 0 unspecified atom stereocenters. The summed E-state index contributed by atoms with van der Waals surface area (Å²) in [5.74, 6) is 1.48. The van der Waals surface area contributed by atoms with Gasteiger partial charge in [-0.15, -0.1) is 0 Å². The van der Waals surface area contributed by atoms with Crippen molar-refractivity contribution in [2.24, 2.45) is 5.73 Å². The second kappa shape index (κ2) is 5.58. The second-order valence-corrected chi connectivity index (χ2v) is 4.73. The van der Waals surface area contributed by atoms with Gasteiger partial charge in [0.1, 0.15) is 18.1 Å². The molecule has 0 aliphatic heterocycles. The maximum absolute atomic E-state index is 5.85. The van der Waals surface area contributed by atoms with Gasteiger partial charge in [-0.1, -0.05) is 11.6 Å². The minimum Gasteiger partial charge on any atom is -0.488 e. The molecule has 5 heteroatoms. The monoisotopic (exact) mass is 315 g/mol. The first kappa shape index (κ1) is 12.5. The van der Waals surface area contributed by atoms with E-state index >= 15 is 0 Å². The van der Waals surface area contributed by atoms with Gasteiger partial charge in [0, 0.05) is 10.6 Å². The molecule has 3 nitrogen and oxygen atoms in total. The molecule has 90 valence electrons. The highest BCUT2D eigenvalue weighted by atomic mass is 79.9. The molecule has 0 saturated heterocycles. The number of furan rings is 1. The molecule has 17 heavy (non-hydrogen) atoms. The molecule has 0 amide bonds. The lowest BCUT2D eigenvalue weighted by molar-refractivity contribution is 0.300. The predicted molar refractivity (Wildman–Crippen MR) is 70.1 cm³/mol. The quantitative estimate of drug-likeness (QED) is 0.935. The lowest BCUT2D eigenvalue weighted by Gasteiger charge is -2.08.